The first-order chi connectivity index (χ1) is 11.1. The average Bonchev–Trinajstić information content (AvgIpc) is 3.34. The van der Waals surface area contributed by atoms with Crippen LogP contribution in [0.25, 0.3) is 0 Å². The number of benzene rings is 1. The summed E-state index contributed by atoms with van der Waals surface area (Å²) in [5, 5.41) is 1.59. The van der Waals surface area contributed by atoms with Crippen molar-refractivity contribution in [1.82, 2.24) is 4.98 Å². The van der Waals surface area contributed by atoms with Crippen LogP contribution in [0.4, 0.5) is 0 Å². The van der Waals surface area contributed by atoms with Crippen LogP contribution in [0.15, 0.2) is 35.5 Å². The summed E-state index contributed by atoms with van der Waals surface area (Å²) < 4.78 is 6.13. The Hall–Kier alpha value is -1.48. The minimum absolute atomic E-state index is 0.519. The van der Waals surface area contributed by atoms with Crippen molar-refractivity contribution in [3.63, 3.8) is 0 Å². The molecule has 0 bridgehead atoms. The first kappa shape index (κ1) is 16.4. The van der Waals surface area contributed by atoms with Gasteiger partial charge in [0.1, 0.15) is 17.4 Å². The average molecular weight is 327 g/mol. The molecule has 0 spiro atoms. The maximum atomic E-state index is 6.13. The Morgan fingerprint density at radius 2 is 1.96 bits per heavy atom. The summed E-state index contributed by atoms with van der Waals surface area (Å²) in [5.41, 5.74) is 5.34. The summed E-state index contributed by atoms with van der Waals surface area (Å²) in [5.74, 6) is 1.78. The summed E-state index contributed by atoms with van der Waals surface area (Å²) in [7, 11) is 0. The van der Waals surface area contributed by atoms with Gasteiger partial charge in [-0.3, -0.25) is 0 Å². The van der Waals surface area contributed by atoms with Gasteiger partial charge in [0.15, 0.2) is 0 Å². The Labute approximate surface area is 143 Å². The third-order valence-corrected chi connectivity index (χ3v) is 5.44. The molecule has 0 radical (unpaired) electrons. The molecule has 0 amide bonds. The molecule has 122 valence electrons. The molecule has 2 nitrogen and oxygen atoms in total. The van der Waals surface area contributed by atoms with Gasteiger partial charge in [-0.05, 0) is 61.4 Å². The van der Waals surface area contributed by atoms with Gasteiger partial charge in [0.2, 0.25) is 0 Å². The van der Waals surface area contributed by atoms with Crippen LogP contribution in [0.1, 0.15) is 54.9 Å². The molecule has 0 aliphatic heterocycles. The van der Waals surface area contributed by atoms with Gasteiger partial charge in [0.05, 0.1) is 0 Å². The Morgan fingerprint density at radius 3 is 2.65 bits per heavy atom. The van der Waals surface area contributed by atoms with Crippen LogP contribution in [0.5, 0.6) is 5.75 Å². The largest absolute Gasteiger partial charge is 0.489 e. The van der Waals surface area contributed by atoms with Crippen molar-refractivity contribution >= 4 is 11.8 Å². The van der Waals surface area contributed by atoms with Crippen LogP contribution in [0.2, 0.25) is 0 Å². The lowest BCUT2D eigenvalue weighted by Gasteiger charge is -2.15. The number of hydrogen-bond acceptors (Lipinski definition) is 3. The maximum absolute atomic E-state index is 6.13. The molecular formula is C20H25NOS. The van der Waals surface area contributed by atoms with Crippen molar-refractivity contribution in [2.45, 2.75) is 63.3 Å². The van der Waals surface area contributed by atoms with Crippen molar-refractivity contribution in [2.75, 3.05) is 0 Å². The van der Waals surface area contributed by atoms with Crippen LogP contribution < -0.4 is 4.74 Å². The number of ether oxygens (including phenoxy) is 1. The SMILES string of the molecule is Cc1c(OCc2cccnc2SC(C)C)ccc(C2CC2)c1C. The third kappa shape index (κ3) is 3.89. The molecule has 0 saturated heterocycles. The topological polar surface area (TPSA) is 22.1 Å². The zero-order valence-corrected chi connectivity index (χ0v) is 15.2. The molecule has 3 rings (SSSR count). The van der Waals surface area contributed by atoms with Crippen LogP contribution in [0, 0.1) is 13.8 Å². The Kier molecular flexibility index (Phi) is 4.96. The first-order valence-electron chi connectivity index (χ1n) is 8.39. The van der Waals surface area contributed by atoms with Gasteiger partial charge < -0.3 is 4.74 Å². The van der Waals surface area contributed by atoms with Crippen molar-refractivity contribution in [3.8, 4) is 5.75 Å². The molecule has 1 heterocycles. The van der Waals surface area contributed by atoms with Crippen molar-refractivity contribution in [3.05, 3.63) is 52.7 Å². The van der Waals surface area contributed by atoms with Crippen LogP contribution in [0.3, 0.4) is 0 Å². The smallest absolute Gasteiger partial charge is 0.123 e. The van der Waals surface area contributed by atoms with Gasteiger partial charge in [-0.15, -0.1) is 11.8 Å². The van der Waals surface area contributed by atoms with E-state index in [1.807, 2.05) is 12.3 Å². The predicted octanol–water partition coefficient (Wildman–Crippen LogP) is 5.66. The summed E-state index contributed by atoms with van der Waals surface area (Å²) in [6, 6.07) is 8.49. The van der Waals surface area contributed by atoms with Gasteiger partial charge in [-0.2, -0.15) is 0 Å². The molecule has 1 aliphatic carbocycles. The molecule has 2 aromatic rings. The Morgan fingerprint density at radius 1 is 1.17 bits per heavy atom. The van der Waals surface area contributed by atoms with E-state index in [1.165, 1.54) is 29.5 Å². The minimum Gasteiger partial charge on any atom is -0.489 e. The quantitative estimate of drug-likeness (QED) is 0.640. The number of nitrogens with zero attached hydrogens (tertiary/aromatic N) is 1. The molecule has 0 atom stereocenters. The highest BCUT2D eigenvalue weighted by atomic mass is 32.2. The predicted molar refractivity (Wildman–Crippen MR) is 97.5 cm³/mol. The van der Waals surface area contributed by atoms with Crippen molar-refractivity contribution in [2.24, 2.45) is 0 Å². The molecule has 1 fully saturated rings. The molecule has 1 aromatic heterocycles. The second-order valence-corrected chi connectivity index (χ2v) is 8.17. The van der Waals surface area contributed by atoms with E-state index in [0.717, 1.165) is 22.3 Å². The fourth-order valence-electron chi connectivity index (χ4n) is 2.83. The molecule has 1 aromatic carbocycles. The number of rotatable bonds is 6. The molecule has 1 saturated carbocycles. The lowest BCUT2D eigenvalue weighted by atomic mass is 9.99. The number of hydrogen-bond donors (Lipinski definition) is 0. The van der Waals surface area contributed by atoms with Crippen molar-refractivity contribution in [1.29, 1.82) is 0 Å². The Balaban J connectivity index is 1.75. The standard InChI is InChI=1S/C20H25NOS/c1-13(2)23-20-17(6-5-11-21-20)12-22-19-10-9-18(16-7-8-16)14(3)15(19)4/h5-6,9-11,13,16H,7-8,12H2,1-4H3. The number of thioether (sulfide) groups is 1. The number of pyridine rings is 1. The molecular weight excluding hydrogens is 302 g/mol. The molecule has 0 unspecified atom stereocenters. The van der Waals surface area contributed by atoms with E-state index in [-0.39, 0.29) is 0 Å². The van der Waals surface area contributed by atoms with Crippen LogP contribution >= 0.6 is 11.8 Å². The second-order valence-electron chi connectivity index (χ2n) is 6.60. The fourth-order valence-corrected chi connectivity index (χ4v) is 3.68. The van der Waals surface area contributed by atoms with E-state index in [2.05, 4.69) is 50.9 Å². The third-order valence-electron chi connectivity index (χ3n) is 4.38. The molecule has 0 N–H and O–H groups in total. The molecule has 23 heavy (non-hydrogen) atoms. The molecule has 3 heteroatoms. The summed E-state index contributed by atoms with van der Waals surface area (Å²) in [6.45, 7) is 9.34. The normalized spacial score (nSPS) is 14.3. The highest BCUT2D eigenvalue weighted by molar-refractivity contribution is 7.99. The zero-order chi connectivity index (χ0) is 16.4. The zero-order valence-electron chi connectivity index (χ0n) is 14.4. The second kappa shape index (κ2) is 6.96. The summed E-state index contributed by atoms with van der Waals surface area (Å²) in [4.78, 5) is 4.50. The minimum atomic E-state index is 0.519. The van der Waals surface area contributed by atoms with Gasteiger partial charge in [0.25, 0.3) is 0 Å². The van der Waals surface area contributed by atoms with Gasteiger partial charge >= 0.3 is 0 Å². The summed E-state index contributed by atoms with van der Waals surface area (Å²) >= 11 is 1.79. The van der Waals surface area contributed by atoms with Crippen molar-refractivity contribution < 1.29 is 4.74 Å². The van der Waals surface area contributed by atoms with E-state index in [4.69, 9.17) is 4.74 Å². The van der Waals surface area contributed by atoms with Gasteiger partial charge in [0, 0.05) is 17.0 Å². The lowest BCUT2D eigenvalue weighted by molar-refractivity contribution is 0.300. The van der Waals surface area contributed by atoms with Gasteiger partial charge in [-0.25, -0.2) is 4.98 Å². The first-order valence-corrected chi connectivity index (χ1v) is 9.27. The summed E-state index contributed by atoms with van der Waals surface area (Å²) in [6.07, 6.45) is 4.53. The highest BCUT2D eigenvalue weighted by Crippen LogP contribution is 2.43. The van der Waals surface area contributed by atoms with E-state index >= 15 is 0 Å². The maximum Gasteiger partial charge on any atom is 0.123 e. The van der Waals surface area contributed by atoms with Crippen LogP contribution in [-0.2, 0) is 6.61 Å². The molecule has 1 aliphatic rings. The monoisotopic (exact) mass is 327 g/mol. The lowest BCUT2D eigenvalue weighted by Crippen LogP contribution is -2.02. The van der Waals surface area contributed by atoms with E-state index in [1.54, 1.807) is 11.8 Å². The van der Waals surface area contributed by atoms with E-state index in [0.29, 0.717) is 11.9 Å². The fraction of sp³-hybridized carbons (Fsp3) is 0.450. The number of aromatic nitrogens is 1. The van der Waals surface area contributed by atoms with Gasteiger partial charge in [-0.1, -0.05) is 26.0 Å². The van der Waals surface area contributed by atoms with E-state index < -0.39 is 0 Å². The highest BCUT2D eigenvalue weighted by Gasteiger charge is 2.26. The van der Waals surface area contributed by atoms with Crippen LogP contribution in [-0.4, -0.2) is 10.2 Å². The van der Waals surface area contributed by atoms with E-state index in [9.17, 15) is 0 Å². The Bertz CT molecular complexity index is 692.